The molecule has 1 aromatic carbocycles. The topological polar surface area (TPSA) is 118 Å². The summed E-state index contributed by atoms with van der Waals surface area (Å²) in [6, 6.07) is 6.46. The van der Waals surface area contributed by atoms with Crippen LogP contribution >= 0.6 is 11.3 Å². The highest BCUT2D eigenvalue weighted by Gasteiger charge is 2.26. The van der Waals surface area contributed by atoms with Crippen molar-refractivity contribution in [3.05, 3.63) is 24.3 Å². The van der Waals surface area contributed by atoms with Crippen molar-refractivity contribution >= 4 is 43.8 Å². The van der Waals surface area contributed by atoms with Crippen LogP contribution in [0.4, 0.5) is 16.5 Å². The van der Waals surface area contributed by atoms with Gasteiger partial charge in [-0.15, -0.1) is 10.2 Å². The SMILES string of the molecule is CC(=O)Nc1nnc(S(=O)(=O)N(C)c2cccc(N)c2)s1. The van der Waals surface area contributed by atoms with Gasteiger partial charge in [-0.2, -0.15) is 8.42 Å². The van der Waals surface area contributed by atoms with Gasteiger partial charge in [0.1, 0.15) is 0 Å². The Morgan fingerprint density at radius 2 is 2.10 bits per heavy atom. The van der Waals surface area contributed by atoms with Gasteiger partial charge in [-0.3, -0.25) is 9.10 Å². The molecule has 1 aromatic heterocycles. The number of hydrogen-bond donors (Lipinski definition) is 2. The summed E-state index contributed by atoms with van der Waals surface area (Å²) >= 11 is 0.780. The number of nitrogen functional groups attached to an aromatic ring is 1. The maximum absolute atomic E-state index is 12.4. The smallest absolute Gasteiger partial charge is 0.293 e. The second-order valence-electron chi connectivity index (χ2n) is 4.12. The van der Waals surface area contributed by atoms with Gasteiger partial charge in [0.2, 0.25) is 11.0 Å². The Morgan fingerprint density at radius 3 is 2.71 bits per heavy atom. The third-order valence-electron chi connectivity index (χ3n) is 2.50. The first-order valence-electron chi connectivity index (χ1n) is 5.76. The number of sulfonamides is 1. The number of nitrogens with zero attached hydrogens (tertiary/aromatic N) is 3. The van der Waals surface area contributed by atoms with Gasteiger partial charge in [-0.1, -0.05) is 17.4 Å². The molecule has 0 saturated heterocycles. The van der Waals surface area contributed by atoms with E-state index >= 15 is 0 Å². The molecule has 0 radical (unpaired) electrons. The van der Waals surface area contributed by atoms with E-state index < -0.39 is 10.0 Å². The number of nitrogens with one attached hydrogen (secondary N) is 1. The summed E-state index contributed by atoms with van der Waals surface area (Å²) in [6.45, 7) is 1.30. The summed E-state index contributed by atoms with van der Waals surface area (Å²) in [5, 5.41) is 9.74. The highest BCUT2D eigenvalue weighted by molar-refractivity contribution is 7.94. The molecule has 0 bridgehead atoms. The van der Waals surface area contributed by atoms with E-state index in [2.05, 4.69) is 15.5 Å². The maximum Gasteiger partial charge on any atom is 0.293 e. The molecule has 10 heteroatoms. The van der Waals surface area contributed by atoms with E-state index in [4.69, 9.17) is 5.73 Å². The van der Waals surface area contributed by atoms with Crippen LogP contribution in [0, 0.1) is 0 Å². The zero-order valence-electron chi connectivity index (χ0n) is 11.3. The molecule has 1 amide bonds. The van der Waals surface area contributed by atoms with Crippen LogP contribution in [0.1, 0.15) is 6.92 Å². The average Bonchev–Trinajstić information content (AvgIpc) is 2.86. The van der Waals surface area contributed by atoms with Crippen molar-refractivity contribution in [3.8, 4) is 0 Å². The van der Waals surface area contributed by atoms with Crippen LogP contribution in [0.25, 0.3) is 0 Å². The molecule has 0 atom stereocenters. The van der Waals surface area contributed by atoms with Crippen molar-refractivity contribution in [1.29, 1.82) is 0 Å². The lowest BCUT2D eigenvalue weighted by Gasteiger charge is -2.17. The third kappa shape index (κ3) is 3.28. The van der Waals surface area contributed by atoms with E-state index in [1.807, 2.05) is 0 Å². The lowest BCUT2D eigenvalue weighted by Crippen LogP contribution is -2.26. The highest BCUT2D eigenvalue weighted by atomic mass is 32.2. The minimum Gasteiger partial charge on any atom is -0.399 e. The standard InChI is InChI=1S/C11H13N5O3S2/c1-7(17)13-10-14-15-11(20-10)21(18,19)16(2)9-5-3-4-8(12)6-9/h3-6H,12H2,1-2H3,(H,13,14,17). The molecule has 0 fully saturated rings. The summed E-state index contributed by atoms with van der Waals surface area (Å²) in [5.74, 6) is -0.348. The quantitative estimate of drug-likeness (QED) is 0.636. The fourth-order valence-corrected chi connectivity index (χ4v) is 3.78. The van der Waals surface area contributed by atoms with Gasteiger partial charge in [0.15, 0.2) is 0 Å². The molecule has 2 rings (SSSR count). The molecule has 112 valence electrons. The molecule has 2 aromatic rings. The molecule has 0 aliphatic rings. The van der Waals surface area contributed by atoms with Crippen molar-refractivity contribution < 1.29 is 13.2 Å². The summed E-state index contributed by atoms with van der Waals surface area (Å²) in [5.41, 5.74) is 6.50. The third-order valence-corrected chi connectivity index (χ3v) is 5.47. The molecule has 0 aliphatic heterocycles. The van der Waals surface area contributed by atoms with E-state index in [0.717, 1.165) is 15.6 Å². The lowest BCUT2D eigenvalue weighted by atomic mass is 10.3. The van der Waals surface area contributed by atoms with Crippen LogP contribution in [0.5, 0.6) is 0 Å². The first-order chi connectivity index (χ1) is 9.80. The Bertz CT molecular complexity index is 772. The molecule has 0 unspecified atom stereocenters. The van der Waals surface area contributed by atoms with Gasteiger partial charge >= 0.3 is 0 Å². The van der Waals surface area contributed by atoms with Crippen LogP contribution in [0.3, 0.4) is 0 Å². The number of carbonyl (C=O) groups is 1. The first-order valence-corrected chi connectivity index (χ1v) is 8.02. The van der Waals surface area contributed by atoms with Crippen LogP contribution < -0.4 is 15.4 Å². The van der Waals surface area contributed by atoms with Crippen molar-refractivity contribution in [3.63, 3.8) is 0 Å². The van der Waals surface area contributed by atoms with Gasteiger partial charge < -0.3 is 11.1 Å². The van der Waals surface area contributed by atoms with Crippen molar-refractivity contribution in [2.75, 3.05) is 22.4 Å². The lowest BCUT2D eigenvalue weighted by molar-refractivity contribution is -0.114. The predicted molar refractivity (Wildman–Crippen MR) is 80.7 cm³/mol. The predicted octanol–water partition coefficient (Wildman–Crippen LogP) is 0.904. The monoisotopic (exact) mass is 327 g/mol. The van der Waals surface area contributed by atoms with Gasteiger partial charge in [0, 0.05) is 19.7 Å². The zero-order chi connectivity index (χ0) is 15.6. The van der Waals surface area contributed by atoms with Gasteiger partial charge in [-0.25, -0.2) is 0 Å². The fourth-order valence-electron chi connectivity index (χ4n) is 1.49. The Hall–Kier alpha value is -2.20. The van der Waals surface area contributed by atoms with Crippen LogP contribution in [-0.2, 0) is 14.8 Å². The van der Waals surface area contributed by atoms with E-state index in [1.165, 1.54) is 20.0 Å². The molecule has 21 heavy (non-hydrogen) atoms. The van der Waals surface area contributed by atoms with Gasteiger partial charge in [0.05, 0.1) is 5.69 Å². The Kier molecular flexibility index (Phi) is 4.09. The van der Waals surface area contributed by atoms with Crippen molar-refractivity contribution in [2.24, 2.45) is 0 Å². The maximum atomic E-state index is 12.4. The summed E-state index contributed by atoms with van der Waals surface area (Å²) in [4.78, 5) is 10.9. The molecule has 1 heterocycles. The summed E-state index contributed by atoms with van der Waals surface area (Å²) in [7, 11) is -2.46. The average molecular weight is 327 g/mol. The number of nitrogens with two attached hydrogens (primary N) is 1. The zero-order valence-corrected chi connectivity index (χ0v) is 12.9. The number of benzene rings is 1. The molecule has 0 spiro atoms. The Morgan fingerprint density at radius 1 is 1.38 bits per heavy atom. The summed E-state index contributed by atoms with van der Waals surface area (Å²) < 4.78 is 25.7. The van der Waals surface area contributed by atoms with Crippen LogP contribution in [-0.4, -0.2) is 31.6 Å². The van der Waals surface area contributed by atoms with E-state index in [1.54, 1.807) is 18.2 Å². The summed E-state index contributed by atoms with van der Waals surface area (Å²) in [6.07, 6.45) is 0. The normalized spacial score (nSPS) is 11.1. The Labute approximate surface area is 125 Å². The number of aromatic nitrogens is 2. The molecular weight excluding hydrogens is 314 g/mol. The number of rotatable bonds is 4. The van der Waals surface area contributed by atoms with Gasteiger partial charge in [0.25, 0.3) is 14.4 Å². The second-order valence-corrected chi connectivity index (χ2v) is 7.24. The van der Waals surface area contributed by atoms with E-state index in [-0.39, 0.29) is 15.4 Å². The number of anilines is 3. The highest BCUT2D eigenvalue weighted by Crippen LogP contribution is 2.27. The number of amides is 1. The van der Waals surface area contributed by atoms with E-state index in [0.29, 0.717) is 11.4 Å². The second kappa shape index (κ2) is 5.66. The van der Waals surface area contributed by atoms with Crippen molar-refractivity contribution in [2.45, 2.75) is 11.3 Å². The van der Waals surface area contributed by atoms with Crippen LogP contribution in [0.2, 0.25) is 0 Å². The fraction of sp³-hybridized carbons (Fsp3) is 0.182. The minimum absolute atomic E-state index is 0.127. The largest absolute Gasteiger partial charge is 0.399 e. The molecule has 0 saturated carbocycles. The molecule has 8 nitrogen and oxygen atoms in total. The van der Waals surface area contributed by atoms with E-state index in [9.17, 15) is 13.2 Å². The van der Waals surface area contributed by atoms with Crippen molar-refractivity contribution in [1.82, 2.24) is 10.2 Å². The number of carbonyl (C=O) groups excluding carboxylic acids is 1. The number of hydrogen-bond acceptors (Lipinski definition) is 7. The Balaban J connectivity index is 2.33. The molecule has 0 aliphatic carbocycles. The molecular formula is C11H13N5O3S2. The van der Waals surface area contributed by atoms with Crippen LogP contribution in [0.15, 0.2) is 28.6 Å². The first kappa shape index (κ1) is 15.2. The molecule has 3 N–H and O–H groups in total. The minimum atomic E-state index is -3.85. The van der Waals surface area contributed by atoms with Gasteiger partial charge in [-0.05, 0) is 18.2 Å².